The molecule has 0 aliphatic heterocycles. The Kier molecular flexibility index (Phi) is 3.88. The molecule has 0 unspecified atom stereocenters. The number of nitrogens with zero attached hydrogens (tertiary/aromatic N) is 2. The van der Waals surface area contributed by atoms with Crippen molar-refractivity contribution >= 4 is 5.78 Å². The lowest BCUT2D eigenvalue weighted by Crippen LogP contribution is -2.29. The van der Waals surface area contributed by atoms with Crippen molar-refractivity contribution in [1.82, 2.24) is 4.98 Å². The van der Waals surface area contributed by atoms with E-state index in [-0.39, 0.29) is 11.2 Å². The molecule has 3 rings (SSSR count). The Balaban J connectivity index is 2.40. The summed E-state index contributed by atoms with van der Waals surface area (Å²) in [6, 6.07) is 9.73. The Hall–Kier alpha value is -2.67. The summed E-state index contributed by atoms with van der Waals surface area (Å²) >= 11 is 0. The van der Waals surface area contributed by atoms with Crippen molar-refractivity contribution in [3.05, 3.63) is 46.8 Å². The number of ether oxygens (including phenoxy) is 1. The summed E-state index contributed by atoms with van der Waals surface area (Å²) < 4.78 is 5.47. The van der Waals surface area contributed by atoms with E-state index in [1.54, 1.807) is 7.11 Å². The number of aromatic nitrogens is 1. The number of para-hydroxylation sites is 1. The molecule has 0 bridgehead atoms. The van der Waals surface area contributed by atoms with Gasteiger partial charge in [-0.2, -0.15) is 5.26 Å². The van der Waals surface area contributed by atoms with E-state index in [9.17, 15) is 10.1 Å². The normalized spacial score (nSPS) is 15.5. The van der Waals surface area contributed by atoms with Gasteiger partial charge in [0.25, 0.3) is 0 Å². The number of carbonyl (C=O) groups is 1. The van der Waals surface area contributed by atoms with E-state index in [0.717, 1.165) is 17.7 Å². The number of ketones is 1. The van der Waals surface area contributed by atoms with Crippen LogP contribution in [0.25, 0.3) is 11.1 Å². The molecule has 4 heteroatoms. The van der Waals surface area contributed by atoms with E-state index in [0.29, 0.717) is 34.6 Å². The van der Waals surface area contributed by atoms with Gasteiger partial charge < -0.3 is 4.74 Å². The summed E-state index contributed by atoms with van der Waals surface area (Å²) in [5, 5.41) is 9.67. The fourth-order valence-electron chi connectivity index (χ4n) is 3.49. The van der Waals surface area contributed by atoms with Crippen LogP contribution in [0.3, 0.4) is 0 Å². The molecule has 1 aromatic heterocycles. The highest BCUT2D eigenvalue weighted by Gasteiger charge is 2.36. The predicted octanol–water partition coefficient (Wildman–Crippen LogP) is 4.09. The van der Waals surface area contributed by atoms with Gasteiger partial charge in [-0.05, 0) is 24.8 Å². The van der Waals surface area contributed by atoms with Crippen molar-refractivity contribution in [3.8, 4) is 22.9 Å². The second-order valence-corrected chi connectivity index (χ2v) is 7.02. The molecule has 0 atom stereocenters. The number of Topliss-reactive ketones (excluding diaryl/α,β-unsaturated/α-hetero) is 1. The van der Waals surface area contributed by atoms with Crippen LogP contribution in [0.15, 0.2) is 24.3 Å². The Morgan fingerprint density at radius 2 is 1.92 bits per heavy atom. The van der Waals surface area contributed by atoms with Gasteiger partial charge in [-0.15, -0.1) is 0 Å². The number of methoxy groups -OCH3 is 1. The fourth-order valence-corrected chi connectivity index (χ4v) is 3.49. The Bertz CT molecular complexity index is 876. The van der Waals surface area contributed by atoms with E-state index in [4.69, 9.17) is 4.74 Å². The van der Waals surface area contributed by atoms with E-state index < -0.39 is 0 Å². The summed E-state index contributed by atoms with van der Waals surface area (Å²) in [7, 11) is 1.59. The van der Waals surface area contributed by atoms with Crippen molar-refractivity contribution < 1.29 is 9.53 Å². The van der Waals surface area contributed by atoms with Crippen LogP contribution in [0.5, 0.6) is 5.75 Å². The SMILES string of the molecule is COc1ccccc1-c1c(C#N)c(C)nc2c1C(=O)CC(C)(C)C2. The molecule has 2 aromatic rings. The minimum Gasteiger partial charge on any atom is -0.496 e. The number of pyridine rings is 1. The molecule has 1 heterocycles. The lowest BCUT2D eigenvalue weighted by atomic mass is 9.73. The van der Waals surface area contributed by atoms with Gasteiger partial charge in [0.05, 0.1) is 24.1 Å². The zero-order valence-corrected chi connectivity index (χ0v) is 14.4. The molecule has 122 valence electrons. The fraction of sp³-hybridized carbons (Fsp3) is 0.350. The number of rotatable bonds is 2. The van der Waals surface area contributed by atoms with Gasteiger partial charge >= 0.3 is 0 Å². The predicted molar refractivity (Wildman–Crippen MR) is 92.1 cm³/mol. The maximum absolute atomic E-state index is 12.9. The molecule has 0 saturated carbocycles. The summed E-state index contributed by atoms with van der Waals surface area (Å²) in [6.45, 7) is 5.97. The van der Waals surface area contributed by atoms with Crippen molar-refractivity contribution in [2.24, 2.45) is 5.41 Å². The quantitative estimate of drug-likeness (QED) is 0.836. The molecule has 0 spiro atoms. The van der Waals surface area contributed by atoms with Gasteiger partial charge in [-0.3, -0.25) is 9.78 Å². The third kappa shape index (κ3) is 2.56. The van der Waals surface area contributed by atoms with Crippen LogP contribution in [0.2, 0.25) is 0 Å². The summed E-state index contributed by atoms with van der Waals surface area (Å²) in [5.41, 5.74) is 3.79. The van der Waals surface area contributed by atoms with Gasteiger partial charge in [0, 0.05) is 23.1 Å². The van der Waals surface area contributed by atoms with Crippen LogP contribution in [0, 0.1) is 23.7 Å². The first-order valence-corrected chi connectivity index (χ1v) is 7.98. The highest BCUT2D eigenvalue weighted by molar-refractivity contribution is 6.06. The zero-order valence-electron chi connectivity index (χ0n) is 14.4. The van der Waals surface area contributed by atoms with Crippen LogP contribution in [-0.4, -0.2) is 17.9 Å². The van der Waals surface area contributed by atoms with E-state index in [1.165, 1.54) is 0 Å². The van der Waals surface area contributed by atoms with Gasteiger partial charge in [0.2, 0.25) is 0 Å². The van der Waals surface area contributed by atoms with Crippen molar-refractivity contribution in [3.63, 3.8) is 0 Å². The first-order chi connectivity index (χ1) is 11.4. The van der Waals surface area contributed by atoms with E-state index in [2.05, 4.69) is 24.9 Å². The van der Waals surface area contributed by atoms with Gasteiger partial charge in [-0.25, -0.2) is 0 Å². The number of aryl methyl sites for hydroxylation is 1. The number of benzene rings is 1. The van der Waals surface area contributed by atoms with Crippen molar-refractivity contribution in [1.29, 1.82) is 5.26 Å². The highest BCUT2D eigenvalue weighted by Crippen LogP contribution is 2.42. The molecule has 0 N–H and O–H groups in total. The molecule has 4 nitrogen and oxygen atoms in total. The minimum atomic E-state index is -0.115. The summed E-state index contributed by atoms with van der Waals surface area (Å²) in [4.78, 5) is 17.5. The van der Waals surface area contributed by atoms with Crippen molar-refractivity contribution in [2.45, 2.75) is 33.6 Å². The number of carbonyl (C=O) groups excluding carboxylic acids is 1. The zero-order chi connectivity index (χ0) is 17.5. The van der Waals surface area contributed by atoms with Crippen LogP contribution < -0.4 is 4.74 Å². The Morgan fingerprint density at radius 1 is 1.21 bits per heavy atom. The van der Waals surface area contributed by atoms with E-state index >= 15 is 0 Å². The average molecular weight is 320 g/mol. The van der Waals surface area contributed by atoms with Crippen molar-refractivity contribution in [2.75, 3.05) is 7.11 Å². The third-order valence-corrected chi connectivity index (χ3v) is 4.51. The Labute approximate surface area is 142 Å². The van der Waals surface area contributed by atoms with Gasteiger partial charge in [0.1, 0.15) is 11.8 Å². The molecule has 1 aromatic carbocycles. The van der Waals surface area contributed by atoms with Crippen LogP contribution in [0.4, 0.5) is 0 Å². The molecule has 1 aliphatic rings. The number of fused-ring (bicyclic) bond motifs is 1. The van der Waals surface area contributed by atoms with Crippen LogP contribution in [-0.2, 0) is 6.42 Å². The summed E-state index contributed by atoms with van der Waals surface area (Å²) in [5.74, 6) is 0.700. The lowest BCUT2D eigenvalue weighted by molar-refractivity contribution is 0.0911. The second kappa shape index (κ2) is 5.76. The number of hydrogen-bond acceptors (Lipinski definition) is 4. The smallest absolute Gasteiger partial charge is 0.165 e. The minimum absolute atomic E-state index is 0.0474. The molecule has 0 amide bonds. The largest absolute Gasteiger partial charge is 0.496 e. The molecule has 0 fully saturated rings. The monoisotopic (exact) mass is 320 g/mol. The van der Waals surface area contributed by atoms with Gasteiger partial charge in [0.15, 0.2) is 5.78 Å². The van der Waals surface area contributed by atoms with E-state index in [1.807, 2.05) is 31.2 Å². The first-order valence-electron chi connectivity index (χ1n) is 7.98. The maximum atomic E-state index is 12.9. The third-order valence-electron chi connectivity index (χ3n) is 4.51. The standard InChI is InChI=1S/C20H20N2O2/c1-12-14(11-21)18(13-7-5-6-8-17(13)24-4)19-15(22-12)9-20(2,3)10-16(19)23/h5-8H,9-10H2,1-4H3. The van der Waals surface area contributed by atoms with Crippen LogP contribution in [0.1, 0.15) is 47.6 Å². The summed E-state index contributed by atoms with van der Waals surface area (Å²) in [6.07, 6.45) is 1.18. The Morgan fingerprint density at radius 3 is 2.58 bits per heavy atom. The molecule has 24 heavy (non-hydrogen) atoms. The van der Waals surface area contributed by atoms with Gasteiger partial charge in [-0.1, -0.05) is 32.0 Å². The second-order valence-electron chi connectivity index (χ2n) is 7.02. The molecular formula is C20H20N2O2. The maximum Gasteiger partial charge on any atom is 0.165 e. The molecule has 0 radical (unpaired) electrons. The topological polar surface area (TPSA) is 63.0 Å². The molecular weight excluding hydrogens is 300 g/mol. The number of hydrogen-bond donors (Lipinski definition) is 0. The first kappa shape index (κ1) is 16.2. The van der Waals surface area contributed by atoms with Crippen LogP contribution >= 0.6 is 0 Å². The lowest BCUT2D eigenvalue weighted by Gasteiger charge is -2.31. The highest BCUT2D eigenvalue weighted by atomic mass is 16.5. The average Bonchev–Trinajstić information content (AvgIpc) is 2.52. The number of nitriles is 1. The molecule has 0 saturated heterocycles. The molecule has 1 aliphatic carbocycles.